The predicted octanol–water partition coefficient (Wildman–Crippen LogP) is -0.140. The third kappa shape index (κ3) is 8.24. The van der Waals surface area contributed by atoms with E-state index in [2.05, 4.69) is 35.4 Å². The van der Waals surface area contributed by atoms with Crippen molar-refractivity contribution < 1.29 is 4.79 Å². The van der Waals surface area contributed by atoms with E-state index in [1.54, 1.807) is 31.4 Å². The Morgan fingerprint density at radius 1 is 1.19 bits per heavy atom. The first-order valence-electron chi connectivity index (χ1n) is 9.06. The van der Waals surface area contributed by atoms with Gasteiger partial charge in [0.2, 0.25) is 11.9 Å². The van der Waals surface area contributed by atoms with Crippen LogP contribution in [-0.2, 0) is 4.79 Å². The van der Waals surface area contributed by atoms with Crippen LogP contribution in [0, 0.1) is 0 Å². The summed E-state index contributed by atoms with van der Waals surface area (Å²) >= 11 is 0. The topological polar surface area (TPSA) is 89.0 Å². The molecule has 0 spiro atoms. The van der Waals surface area contributed by atoms with Crippen LogP contribution in [0.1, 0.15) is 6.92 Å². The van der Waals surface area contributed by atoms with E-state index in [9.17, 15) is 4.79 Å². The van der Waals surface area contributed by atoms with Crippen molar-refractivity contribution in [2.75, 3.05) is 71.4 Å². The summed E-state index contributed by atoms with van der Waals surface area (Å²) in [4.78, 5) is 30.8. The van der Waals surface area contributed by atoms with Crippen molar-refractivity contribution in [2.45, 2.75) is 6.92 Å². The first kappa shape index (κ1) is 23.3. The van der Waals surface area contributed by atoms with E-state index in [1.165, 1.54) is 0 Å². The molecule has 1 amide bonds. The first-order chi connectivity index (χ1) is 12.6. The fraction of sp³-hybridized carbons (Fsp3) is 0.647. The molecular weight excluding hydrogens is 459 g/mol. The van der Waals surface area contributed by atoms with E-state index >= 15 is 0 Å². The van der Waals surface area contributed by atoms with Crippen LogP contribution in [0.4, 0.5) is 5.95 Å². The molecule has 1 fully saturated rings. The zero-order chi connectivity index (χ0) is 18.8. The van der Waals surface area contributed by atoms with Crippen molar-refractivity contribution in [2.24, 2.45) is 4.99 Å². The summed E-state index contributed by atoms with van der Waals surface area (Å²) in [7, 11) is 3.47. The van der Waals surface area contributed by atoms with Crippen molar-refractivity contribution in [3.05, 3.63) is 18.5 Å². The molecule has 2 rings (SSSR count). The highest BCUT2D eigenvalue weighted by Crippen LogP contribution is 2.08. The lowest BCUT2D eigenvalue weighted by Gasteiger charge is -2.34. The number of aromatic nitrogens is 2. The molecule has 0 atom stereocenters. The summed E-state index contributed by atoms with van der Waals surface area (Å²) in [5.41, 5.74) is 0. The molecule has 1 aliphatic rings. The number of hydrogen-bond acceptors (Lipinski definition) is 6. The van der Waals surface area contributed by atoms with Crippen molar-refractivity contribution in [1.29, 1.82) is 0 Å². The SMILES string of the molecule is CCNC(=NCC(=O)N(C)C)NCCN1CCN(c2ncccn2)CC1.I. The van der Waals surface area contributed by atoms with Crippen LogP contribution in [0.25, 0.3) is 0 Å². The molecule has 0 aliphatic carbocycles. The van der Waals surface area contributed by atoms with E-state index in [4.69, 9.17) is 0 Å². The average Bonchev–Trinajstić information content (AvgIpc) is 2.67. The fourth-order valence-electron chi connectivity index (χ4n) is 2.59. The number of carbonyl (C=O) groups excluding carboxylic acids is 1. The number of hydrogen-bond donors (Lipinski definition) is 2. The van der Waals surface area contributed by atoms with Crippen molar-refractivity contribution in [3.63, 3.8) is 0 Å². The zero-order valence-corrected chi connectivity index (χ0v) is 18.7. The number of nitrogens with one attached hydrogen (secondary N) is 2. The Hall–Kier alpha value is -1.69. The van der Waals surface area contributed by atoms with E-state index in [1.807, 2.05) is 13.0 Å². The van der Waals surface area contributed by atoms with Crippen molar-refractivity contribution in [1.82, 2.24) is 30.4 Å². The number of aliphatic imine (C=N–C) groups is 1. The lowest BCUT2D eigenvalue weighted by atomic mass is 10.3. The summed E-state index contributed by atoms with van der Waals surface area (Å²) < 4.78 is 0. The quantitative estimate of drug-likeness (QED) is 0.313. The Kier molecular flexibility index (Phi) is 10.9. The van der Waals surface area contributed by atoms with Crippen LogP contribution in [0.5, 0.6) is 0 Å². The average molecular weight is 490 g/mol. The number of rotatable bonds is 7. The van der Waals surface area contributed by atoms with Crippen LogP contribution in [0.15, 0.2) is 23.5 Å². The van der Waals surface area contributed by atoms with Gasteiger partial charge in [0, 0.05) is 72.3 Å². The van der Waals surface area contributed by atoms with Crippen molar-refractivity contribution >= 4 is 41.8 Å². The van der Waals surface area contributed by atoms with Gasteiger partial charge >= 0.3 is 0 Å². The van der Waals surface area contributed by atoms with Gasteiger partial charge in [-0.15, -0.1) is 24.0 Å². The highest BCUT2D eigenvalue weighted by Gasteiger charge is 2.18. The number of halogens is 1. The summed E-state index contributed by atoms with van der Waals surface area (Å²) in [6.07, 6.45) is 3.56. The molecule has 2 heterocycles. The molecule has 0 saturated carbocycles. The predicted molar refractivity (Wildman–Crippen MR) is 119 cm³/mol. The summed E-state index contributed by atoms with van der Waals surface area (Å²) in [5, 5.41) is 6.46. The van der Waals surface area contributed by atoms with Gasteiger partial charge in [-0.05, 0) is 13.0 Å². The third-order valence-corrected chi connectivity index (χ3v) is 4.14. The molecular formula is C17H31IN8O. The van der Waals surface area contributed by atoms with Crippen LogP contribution in [-0.4, -0.2) is 98.1 Å². The number of likely N-dealkylation sites (N-methyl/N-ethyl adjacent to an activating group) is 1. The monoisotopic (exact) mass is 490 g/mol. The van der Waals surface area contributed by atoms with Crippen molar-refractivity contribution in [3.8, 4) is 0 Å². The highest BCUT2D eigenvalue weighted by molar-refractivity contribution is 14.0. The maximum atomic E-state index is 11.7. The minimum atomic E-state index is -0.0125. The number of anilines is 1. The maximum absolute atomic E-state index is 11.7. The van der Waals surface area contributed by atoms with E-state index in [0.29, 0.717) is 5.96 Å². The Labute approximate surface area is 178 Å². The van der Waals surface area contributed by atoms with Gasteiger partial charge in [-0.25, -0.2) is 15.0 Å². The van der Waals surface area contributed by atoms with Crippen LogP contribution in [0.2, 0.25) is 0 Å². The van der Waals surface area contributed by atoms with Gasteiger partial charge in [0.1, 0.15) is 6.54 Å². The standard InChI is InChI=1S/C17H30N8O.HI/c1-4-18-16(22-14-15(26)23(2)3)19-8-9-24-10-12-25(13-11-24)17-20-6-5-7-21-17;/h5-7H,4,8-14H2,1-3H3,(H2,18,19,22);1H. The third-order valence-electron chi connectivity index (χ3n) is 4.14. The van der Waals surface area contributed by atoms with Gasteiger partial charge in [0.25, 0.3) is 0 Å². The summed E-state index contributed by atoms with van der Waals surface area (Å²) in [6, 6.07) is 1.83. The molecule has 1 aliphatic heterocycles. The molecule has 2 N–H and O–H groups in total. The molecule has 9 nitrogen and oxygen atoms in total. The molecule has 1 aromatic heterocycles. The minimum Gasteiger partial charge on any atom is -0.357 e. The number of carbonyl (C=O) groups is 1. The molecule has 0 aromatic carbocycles. The molecule has 10 heteroatoms. The molecule has 1 saturated heterocycles. The van der Waals surface area contributed by atoms with Gasteiger partial charge < -0.3 is 20.4 Å². The minimum absolute atomic E-state index is 0. The Morgan fingerprint density at radius 2 is 1.85 bits per heavy atom. The Balaban J connectivity index is 0.00000364. The number of amides is 1. The zero-order valence-electron chi connectivity index (χ0n) is 16.4. The van der Waals surface area contributed by atoms with Crippen LogP contribution < -0.4 is 15.5 Å². The molecule has 0 unspecified atom stereocenters. The van der Waals surface area contributed by atoms with Gasteiger partial charge in [-0.1, -0.05) is 0 Å². The normalized spacial score (nSPS) is 15.1. The highest BCUT2D eigenvalue weighted by atomic mass is 127. The Morgan fingerprint density at radius 3 is 2.44 bits per heavy atom. The summed E-state index contributed by atoms with van der Waals surface area (Å²) in [5.74, 6) is 1.47. The molecule has 0 radical (unpaired) electrons. The van der Waals surface area contributed by atoms with Crippen LogP contribution in [0.3, 0.4) is 0 Å². The van der Waals surface area contributed by atoms with E-state index in [0.717, 1.165) is 51.8 Å². The number of nitrogens with zero attached hydrogens (tertiary/aromatic N) is 6. The Bertz CT molecular complexity index is 576. The first-order valence-corrected chi connectivity index (χ1v) is 9.06. The number of guanidine groups is 1. The molecule has 0 bridgehead atoms. The van der Waals surface area contributed by atoms with Gasteiger partial charge in [0.15, 0.2) is 5.96 Å². The largest absolute Gasteiger partial charge is 0.357 e. The van der Waals surface area contributed by atoms with E-state index < -0.39 is 0 Å². The molecule has 152 valence electrons. The maximum Gasteiger partial charge on any atom is 0.243 e. The molecule has 1 aromatic rings. The van der Waals surface area contributed by atoms with Gasteiger partial charge in [-0.3, -0.25) is 9.69 Å². The van der Waals surface area contributed by atoms with Gasteiger partial charge in [-0.2, -0.15) is 0 Å². The number of piperazine rings is 1. The lowest BCUT2D eigenvalue weighted by Crippen LogP contribution is -2.49. The van der Waals surface area contributed by atoms with E-state index in [-0.39, 0.29) is 36.4 Å². The van der Waals surface area contributed by atoms with Crippen LogP contribution >= 0.6 is 24.0 Å². The van der Waals surface area contributed by atoms with Gasteiger partial charge in [0.05, 0.1) is 0 Å². The second-order valence-corrected chi connectivity index (χ2v) is 6.29. The lowest BCUT2D eigenvalue weighted by molar-refractivity contribution is -0.127. The fourth-order valence-corrected chi connectivity index (χ4v) is 2.59. The smallest absolute Gasteiger partial charge is 0.243 e. The molecule has 27 heavy (non-hydrogen) atoms. The summed E-state index contributed by atoms with van der Waals surface area (Å²) in [6.45, 7) is 8.44. The second-order valence-electron chi connectivity index (χ2n) is 6.29. The second kappa shape index (κ2) is 12.7.